The molecule has 44 heavy (non-hydrogen) atoms. The quantitative estimate of drug-likeness (QED) is 0.0449. The molecule has 0 aromatic heterocycles. The molecule has 0 heterocycles. The van der Waals surface area contributed by atoms with Gasteiger partial charge in [0.2, 0.25) is 0 Å². The summed E-state index contributed by atoms with van der Waals surface area (Å²) >= 11 is 0. The summed E-state index contributed by atoms with van der Waals surface area (Å²) < 4.78 is 0. The second-order valence-corrected chi connectivity index (χ2v) is 12.7. The molecule has 254 valence electrons. The Balaban J connectivity index is 4.09. The van der Waals surface area contributed by atoms with Gasteiger partial charge in [0, 0.05) is 18.9 Å². The first kappa shape index (κ1) is 42.2. The van der Waals surface area contributed by atoms with Crippen LogP contribution in [0, 0.1) is 0 Å². The van der Waals surface area contributed by atoms with Crippen LogP contribution >= 0.6 is 0 Å². The van der Waals surface area contributed by atoms with Crippen molar-refractivity contribution < 1.29 is 9.59 Å². The Kier molecular flexibility index (Phi) is 30.0. The smallest absolute Gasteiger partial charge is 0.161 e. The average molecular weight is 613 g/mol. The third-order valence-electron chi connectivity index (χ3n) is 8.66. The number of carbonyl (C=O) groups is 2. The number of hydrogen-bond acceptors (Lipinski definition) is 4. The fourth-order valence-corrected chi connectivity index (χ4v) is 5.50. The van der Waals surface area contributed by atoms with Crippen molar-refractivity contribution in [3.05, 3.63) is 48.6 Å². The van der Waals surface area contributed by atoms with Crippen LogP contribution in [-0.4, -0.2) is 23.1 Å². The number of unbranched alkanes of at least 4 members (excludes halogenated alkanes) is 16. The van der Waals surface area contributed by atoms with E-state index in [0.717, 1.165) is 64.2 Å². The second kappa shape index (κ2) is 31.2. The van der Waals surface area contributed by atoms with Gasteiger partial charge in [-0.1, -0.05) is 134 Å². The lowest BCUT2D eigenvalue weighted by molar-refractivity contribution is -0.136. The van der Waals surface area contributed by atoms with Crippen LogP contribution < -0.4 is 11.5 Å². The molecule has 0 fully saturated rings. The predicted molar refractivity (Wildman–Crippen MR) is 194 cm³/mol. The fraction of sp³-hybridized carbons (Fsp3) is 0.750. The zero-order chi connectivity index (χ0) is 32.6. The average Bonchev–Trinajstić information content (AvgIpc) is 3.03. The third kappa shape index (κ3) is 22.7. The van der Waals surface area contributed by atoms with Gasteiger partial charge in [-0.2, -0.15) is 0 Å². The standard InChI is InChI=1S/C40H72N2O2/c1-4-7-9-11-13-15-17-19-21-23-25-27-29-31-33-35-38(43)40(42,37(41)6-3)39(44)36-34-32-30-28-26-24-22-20-18-16-14-12-10-8-5-2/h13-16,19-22,37H,4-12,17-18,23-36,41-42H2,1-3H3/b15-13-,16-14-,21-19-,22-20-. The Morgan fingerprint density at radius 1 is 0.500 bits per heavy atom. The normalized spacial score (nSPS) is 13.3. The molecule has 0 aromatic rings. The van der Waals surface area contributed by atoms with Crippen LogP contribution in [0.5, 0.6) is 0 Å². The van der Waals surface area contributed by atoms with Gasteiger partial charge in [-0.25, -0.2) is 0 Å². The second-order valence-electron chi connectivity index (χ2n) is 12.7. The summed E-state index contributed by atoms with van der Waals surface area (Å²) in [5.41, 5.74) is 11.3. The summed E-state index contributed by atoms with van der Waals surface area (Å²) in [5, 5.41) is 0. The summed E-state index contributed by atoms with van der Waals surface area (Å²) in [5.74, 6) is -0.324. The monoisotopic (exact) mass is 613 g/mol. The van der Waals surface area contributed by atoms with E-state index in [1.54, 1.807) is 0 Å². The first-order valence-electron chi connectivity index (χ1n) is 18.7. The van der Waals surface area contributed by atoms with Crippen molar-refractivity contribution in [3.8, 4) is 0 Å². The molecule has 0 bridgehead atoms. The zero-order valence-electron chi connectivity index (χ0n) is 29.3. The van der Waals surface area contributed by atoms with Crippen LogP contribution in [0.1, 0.15) is 181 Å². The molecule has 0 saturated carbocycles. The Hall–Kier alpha value is -1.78. The highest BCUT2D eigenvalue weighted by Gasteiger charge is 2.44. The van der Waals surface area contributed by atoms with E-state index in [4.69, 9.17) is 11.5 Å². The number of nitrogens with two attached hydrogens (primary N) is 2. The van der Waals surface area contributed by atoms with E-state index < -0.39 is 11.6 Å². The van der Waals surface area contributed by atoms with Crippen LogP contribution in [0.15, 0.2) is 48.6 Å². The minimum atomic E-state index is -1.53. The van der Waals surface area contributed by atoms with Crippen LogP contribution in [0.4, 0.5) is 0 Å². The molecule has 4 heteroatoms. The van der Waals surface area contributed by atoms with E-state index in [1.165, 1.54) is 77.0 Å². The Labute approximate surface area is 273 Å². The number of allylic oxidation sites excluding steroid dienone is 8. The molecule has 0 aliphatic heterocycles. The molecule has 0 aliphatic rings. The van der Waals surface area contributed by atoms with Crippen LogP contribution in [-0.2, 0) is 9.59 Å². The molecule has 0 aromatic carbocycles. The Morgan fingerprint density at radius 2 is 0.818 bits per heavy atom. The summed E-state index contributed by atoms with van der Waals surface area (Å²) in [6.45, 7) is 6.38. The van der Waals surface area contributed by atoms with Gasteiger partial charge in [-0.05, 0) is 83.5 Å². The molecule has 0 aliphatic carbocycles. The number of hydrogen-bond donors (Lipinski definition) is 2. The first-order chi connectivity index (χ1) is 21.4. The number of carbonyl (C=O) groups excluding carboxylic acids is 2. The minimum absolute atomic E-state index is 0.162. The topological polar surface area (TPSA) is 86.2 Å². The predicted octanol–water partition coefficient (Wildman–Crippen LogP) is 11.2. The van der Waals surface area contributed by atoms with Gasteiger partial charge in [-0.3, -0.25) is 9.59 Å². The van der Waals surface area contributed by atoms with Crippen molar-refractivity contribution in [2.75, 3.05) is 0 Å². The Morgan fingerprint density at radius 3 is 1.16 bits per heavy atom. The van der Waals surface area contributed by atoms with Crippen molar-refractivity contribution in [1.82, 2.24) is 0 Å². The van der Waals surface area contributed by atoms with Gasteiger partial charge in [0.25, 0.3) is 0 Å². The molecular formula is C40H72N2O2. The largest absolute Gasteiger partial charge is 0.325 e. The maximum atomic E-state index is 13.2. The highest BCUT2D eigenvalue weighted by Crippen LogP contribution is 2.20. The van der Waals surface area contributed by atoms with Crippen molar-refractivity contribution in [1.29, 1.82) is 0 Å². The van der Waals surface area contributed by atoms with Gasteiger partial charge in [0.05, 0.1) is 0 Å². The van der Waals surface area contributed by atoms with Crippen molar-refractivity contribution in [2.24, 2.45) is 11.5 Å². The summed E-state index contributed by atoms with van der Waals surface area (Å²) in [7, 11) is 0. The van der Waals surface area contributed by atoms with Gasteiger partial charge in [0.15, 0.2) is 11.6 Å². The van der Waals surface area contributed by atoms with Gasteiger partial charge >= 0.3 is 0 Å². The number of rotatable bonds is 32. The fourth-order valence-electron chi connectivity index (χ4n) is 5.50. The van der Waals surface area contributed by atoms with E-state index in [9.17, 15) is 9.59 Å². The molecule has 0 saturated heterocycles. The molecule has 1 atom stereocenters. The summed E-state index contributed by atoms with van der Waals surface area (Å²) in [6, 6.07) is -0.613. The molecule has 4 N–H and O–H groups in total. The summed E-state index contributed by atoms with van der Waals surface area (Å²) in [6.07, 6.45) is 44.4. The van der Waals surface area contributed by atoms with Gasteiger partial charge in [0.1, 0.15) is 5.54 Å². The van der Waals surface area contributed by atoms with Gasteiger partial charge in [-0.15, -0.1) is 0 Å². The van der Waals surface area contributed by atoms with Crippen molar-refractivity contribution in [3.63, 3.8) is 0 Å². The van der Waals surface area contributed by atoms with Gasteiger partial charge < -0.3 is 11.5 Å². The molecule has 0 spiro atoms. The first-order valence-corrected chi connectivity index (χ1v) is 18.7. The molecular weight excluding hydrogens is 540 g/mol. The van der Waals surface area contributed by atoms with Crippen LogP contribution in [0.3, 0.4) is 0 Å². The van der Waals surface area contributed by atoms with E-state index in [0.29, 0.717) is 19.3 Å². The molecule has 4 nitrogen and oxygen atoms in total. The van der Waals surface area contributed by atoms with E-state index >= 15 is 0 Å². The maximum Gasteiger partial charge on any atom is 0.161 e. The van der Waals surface area contributed by atoms with E-state index in [2.05, 4.69) is 62.5 Å². The molecule has 0 rings (SSSR count). The highest BCUT2D eigenvalue weighted by molar-refractivity contribution is 6.12. The lowest BCUT2D eigenvalue weighted by Crippen LogP contribution is -2.65. The number of ketones is 2. The van der Waals surface area contributed by atoms with Crippen LogP contribution in [0.2, 0.25) is 0 Å². The lowest BCUT2D eigenvalue weighted by atomic mass is 9.78. The maximum absolute atomic E-state index is 13.2. The molecule has 0 radical (unpaired) electrons. The van der Waals surface area contributed by atoms with Crippen molar-refractivity contribution in [2.45, 2.75) is 193 Å². The highest BCUT2D eigenvalue weighted by atomic mass is 16.2. The Bertz CT molecular complexity index is 737. The van der Waals surface area contributed by atoms with Crippen LogP contribution in [0.25, 0.3) is 0 Å². The van der Waals surface area contributed by atoms with E-state index in [1.807, 2.05) is 6.92 Å². The molecule has 1 unspecified atom stereocenters. The third-order valence-corrected chi connectivity index (χ3v) is 8.66. The minimum Gasteiger partial charge on any atom is -0.325 e. The summed E-state index contributed by atoms with van der Waals surface area (Å²) in [4.78, 5) is 26.3. The SMILES string of the molecule is CCCCC/C=C\C/C=C\CCCCCCCC(=O)C(N)(C(=O)CCCCCCC/C=C\C/C=C\CCCCC)C(N)CC. The molecule has 0 amide bonds. The van der Waals surface area contributed by atoms with E-state index in [-0.39, 0.29) is 11.6 Å². The number of Topliss-reactive ketones (excluding diaryl/α,β-unsaturated/α-hetero) is 2. The zero-order valence-corrected chi connectivity index (χ0v) is 29.3. The lowest BCUT2D eigenvalue weighted by Gasteiger charge is -2.32. The van der Waals surface area contributed by atoms with Crippen molar-refractivity contribution >= 4 is 11.6 Å².